The number of aryl methyl sites for hydroxylation is 2. The van der Waals surface area contributed by atoms with Crippen molar-refractivity contribution in [2.45, 2.75) is 39.7 Å². The van der Waals surface area contributed by atoms with Crippen molar-refractivity contribution in [3.05, 3.63) is 17.2 Å². The Kier molecular flexibility index (Phi) is 3.75. The normalized spacial score (nSPS) is 12.4. The van der Waals surface area contributed by atoms with Crippen LogP contribution in [-0.4, -0.2) is 35.8 Å². The fourth-order valence-corrected chi connectivity index (χ4v) is 1.61. The van der Waals surface area contributed by atoms with Gasteiger partial charge in [-0.2, -0.15) is 10.3 Å². The van der Waals surface area contributed by atoms with E-state index in [0.29, 0.717) is 11.8 Å². The molecule has 8 nitrogen and oxygen atoms in total. The molecule has 0 aliphatic carbocycles. The Hall–Kier alpha value is -2.12. The zero-order valence-corrected chi connectivity index (χ0v) is 10.7. The molecule has 0 aliphatic heterocycles. The molecule has 2 aromatic rings. The van der Waals surface area contributed by atoms with Gasteiger partial charge >= 0.3 is 0 Å². The first-order valence-corrected chi connectivity index (χ1v) is 5.96. The average molecular weight is 248 g/mol. The van der Waals surface area contributed by atoms with E-state index in [1.165, 1.54) is 0 Å². The van der Waals surface area contributed by atoms with Crippen LogP contribution in [0.15, 0.2) is 0 Å². The largest absolute Gasteiger partial charge is 0.343 e. The van der Waals surface area contributed by atoms with Gasteiger partial charge in [-0.1, -0.05) is 19.1 Å². The fraction of sp³-hybridized carbons (Fsp3) is 0.600. The summed E-state index contributed by atoms with van der Waals surface area (Å²) < 4.78 is 0. The summed E-state index contributed by atoms with van der Waals surface area (Å²) >= 11 is 0. The molecule has 2 rings (SSSR count). The Bertz CT molecular complexity index is 495. The second-order valence-electron chi connectivity index (χ2n) is 3.87. The summed E-state index contributed by atoms with van der Waals surface area (Å²) in [6, 6.07) is -0.122. The summed E-state index contributed by atoms with van der Waals surface area (Å²) in [4.78, 5) is 4.44. The lowest BCUT2D eigenvalue weighted by atomic mass is 10.2. The van der Waals surface area contributed by atoms with Crippen molar-refractivity contribution in [3.8, 4) is 0 Å². The van der Waals surface area contributed by atoms with Crippen LogP contribution in [0.25, 0.3) is 0 Å². The maximum Gasteiger partial charge on any atom is 0.243 e. The third-order valence-corrected chi connectivity index (χ3v) is 2.60. The predicted octanol–water partition coefficient (Wildman–Crippen LogP) is 0.683. The molecule has 0 aromatic carbocycles. The first kappa shape index (κ1) is 12.3. The van der Waals surface area contributed by atoms with E-state index >= 15 is 0 Å². The minimum atomic E-state index is -0.122. The Balaban J connectivity index is 2.14. The number of aromatic nitrogens is 7. The van der Waals surface area contributed by atoms with Gasteiger partial charge < -0.3 is 5.32 Å². The molecule has 0 saturated carbocycles. The van der Waals surface area contributed by atoms with Crippen LogP contribution in [-0.2, 0) is 12.8 Å². The summed E-state index contributed by atoms with van der Waals surface area (Å²) in [6.07, 6.45) is 1.67. The first-order valence-electron chi connectivity index (χ1n) is 5.96. The van der Waals surface area contributed by atoms with Gasteiger partial charge in [0.05, 0.1) is 17.4 Å². The molecule has 0 amide bonds. The number of aromatic amines is 1. The molecule has 2 heterocycles. The fourth-order valence-electron chi connectivity index (χ4n) is 1.61. The van der Waals surface area contributed by atoms with E-state index in [1.54, 1.807) is 0 Å². The van der Waals surface area contributed by atoms with Crippen molar-refractivity contribution in [3.63, 3.8) is 0 Å². The topological polar surface area (TPSA) is 105 Å². The van der Waals surface area contributed by atoms with Crippen molar-refractivity contribution < 1.29 is 0 Å². The lowest BCUT2D eigenvalue weighted by molar-refractivity contribution is 0.754. The smallest absolute Gasteiger partial charge is 0.243 e. The number of tetrazole rings is 1. The first-order chi connectivity index (χ1) is 8.74. The Morgan fingerprint density at radius 1 is 1.11 bits per heavy atom. The number of hydrogen-bond donors (Lipinski definition) is 2. The van der Waals surface area contributed by atoms with E-state index in [2.05, 4.69) is 48.0 Å². The monoisotopic (exact) mass is 248 g/mol. The Morgan fingerprint density at radius 2 is 1.89 bits per heavy atom. The molecule has 2 N–H and O–H groups in total. The van der Waals surface area contributed by atoms with Crippen LogP contribution < -0.4 is 5.32 Å². The molecule has 18 heavy (non-hydrogen) atoms. The van der Waals surface area contributed by atoms with Crippen LogP contribution in [0.3, 0.4) is 0 Å². The molecule has 96 valence electrons. The Labute approximate surface area is 105 Å². The molecule has 8 heteroatoms. The molecule has 1 atom stereocenters. The molecule has 2 aromatic heterocycles. The molecular formula is C10H16N8. The number of hydrogen-bond acceptors (Lipinski definition) is 7. The molecular weight excluding hydrogens is 232 g/mol. The van der Waals surface area contributed by atoms with Crippen molar-refractivity contribution in [2.24, 2.45) is 0 Å². The molecule has 0 radical (unpaired) electrons. The highest BCUT2D eigenvalue weighted by molar-refractivity contribution is 5.28. The van der Waals surface area contributed by atoms with E-state index < -0.39 is 0 Å². The van der Waals surface area contributed by atoms with Crippen LogP contribution in [0.1, 0.15) is 44.0 Å². The van der Waals surface area contributed by atoms with Gasteiger partial charge in [0.15, 0.2) is 5.82 Å². The number of rotatable bonds is 5. The van der Waals surface area contributed by atoms with E-state index in [4.69, 9.17) is 0 Å². The van der Waals surface area contributed by atoms with E-state index in [1.807, 2.05) is 13.8 Å². The van der Waals surface area contributed by atoms with Gasteiger partial charge in [0, 0.05) is 0 Å². The van der Waals surface area contributed by atoms with E-state index in [9.17, 15) is 0 Å². The summed E-state index contributed by atoms with van der Waals surface area (Å²) in [5, 5.41) is 25.0. The average Bonchev–Trinajstić information content (AvgIpc) is 2.92. The SMILES string of the molecule is CCc1nnc(NC(C)c2nn[nH]n2)nc1CC. The quantitative estimate of drug-likeness (QED) is 0.801. The zero-order valence-electron chi connectivity index (χ0n) is 10.7. The highest BCUT2D eigenvalue weighted by atomic mass is 15.5. The summed E-state index contributed by atoms with van der Waals surface area (Å²) in [5.41, 5.74) is 1.91. The Morgan fingerprint density at radius 3 is 2.50 bits per heavy atom. The summed E-state index contributed by atoms with van der Waals surface area (Å²) in [7, 11) is 0. The van der Waals surface area contributed by atoms with Gasteiger partial charge in [0.1, 0.15) is 0 Å². The van der Waals surface area contributed by atoms with Crippen LogP contribution in [0.2, 0.25) is 0 Å². The van der Waals surface area contributed by atoms with Crippen molar-refractivity contribution in [2.75, 3.05) is 5.32 Å². The number of nitrogens with one attached hydrogen (secondary N) is 2. The van der Waals surface area contributed by atoms with Crippen molar-refractivity contribution in [1.29, 1.82) is 0 Å². The second-order valence-corrected chi connectivity index (χ2v) is 3.87. The summed E-state index contributed by atoms with van der Waals surface area (Å²) in [5.74, 6) is 1.05. The summed E-state index contributed by atoms with van der Waals surface area (Å²) in [6.45, 7) is 6.00. The van der Waals surface area contributed by atoms with Gasteiger partial charge in [-0.3, -0.25) is 0 Å². The molecule has 0 aliphatic rings. The molecule has 0 bridgehead atoms. The highest BCUT2D eigenvalue weighted by Crippen LogP contribution is 2.12. The number of anilines is 1. The minimum absolute atomic E-state index is 0.122. The second kappa shape index (κ2) is 5.48. The van der Waals surface area contributed by atoms with E-state index in [0.717, 1.165) is 24.2 Å². The highest BCUT2D eigenvalue weighted by Gasteiger charge is 2.13. The molecule has 1 unspecified atom stereocenters. The lowest BCUT2D eigenvalue weighted by Gasteiger charge is -2.11. The van der Waals surface area contributed by atoms with Crippen molar-refractivity contribution in [1.82, 2.24) is 35.8 Å². The van der Waals surface area contributed by atoms with Crippen LogP contribution in [0, 0.1) is 0 Å². The number of H-pyrrole nitrogens is 1. The molecule has 0 spiro atoms. The standard InChI is InChI=1S/C10H16N8/c1-4-7-8(5-2)13-16-10(12-7)11-6(3)9-14-17-18-15-9/h6H,4-5H2,1-3H3,(H,11,12,16)(H,14,15,17,18). The third-order valence-electron chi connectivity index (χ3n) is 2.60. The molecule has 0 fully saturated rings. The van der Waals surface area contributed by atoms with Crippen LogP contribution in [0.5, 0.6) is 0 Å². The van der Waals surface area contributed by atoms with Gasteiger partial charge in [-0.05, 0) is 19.8 Å². The van der Waals surface area contributed by atoms with E-state index in [-0.39, 0.29) is 6.04 Å². The van der Waals surface area contributed by atoms with Crippen molar-refractivity contribution >= 4 is 5.95 Å². The zero-order chi connectivity index (χ0) is 13.0. The number of nitrogens with zero attached hydrogens (tertiary/aromatic N) is 6. The van der Waals surface area contributed by atoms with Gasteiger partial charge in [0.25, 0.3) is 0 Å². The van der Waals surface area contributed by atoms with Gasteiger partial charge in [0.2, 0.25) is 5.95 Å². The lowest BCUT2D eigenvalue weighted by Crippen LogP contribution is -2.14. The predicted molar refractivity (Wildman–Crippen MR) is 64.8 cm³/mol. The third kappa shape index (κ3) is 2.58. The van der Waals surface area contributed by atoms with Crippen LogP contribution >= 0.6 is 0 Å². The van der Waals surface area contributed by atoms with Crippen LogP contribution in [0.4, 0.5) is 5.95 Å². The minimum Gasteiger partial charge on any atom is -0.343 e. The molecule has 0 saturated heterocycles. The van der Waals surface area contributed by atoms with Gasteiger partial charge in [-0.25, -0.2) is 4.98 Å². The maximum atomic E-state index is 4.44. The van der Waals surface area contributed by atoms with Gasteiger partial charge in [-0.15, -0.1) is 15.3 Å². The maximum absolute atomic E-state index is 4.44.